The second-order valence-electron chi connectivity index (χ2n) is 1.89. The van der Waals surface area contributed by atoms with Gasteiger partial charge in [-0.2, -0.15) is 0 Å². The first-order valence-electron chi connectivity index (χ1n) is 3.51. The minimum atomic E-state index is -1.18. The van der Waals surface area contributed by atoms with Gasteiger partial charge in [0.1, 0.15) is 0 Å². The Hall–Kier alpha value is 0.0382. The molecule has 0 aliphatic heterocycles. The van der Waals surface area contributed by atoms with Crippen molar-refractivity contribution >= 4 is 20.2 Å². The second-order valence-corrected chi connectivity index (χ2v) is 7.00. The van der Waals surface area contributed by atoms with E-state index in [1.165, 1.54) is 0 Å². The van der Waals surface area contributed by atoms with Crippen molar-refractivity contribution in [3.8, 4) is 0 Å². The van der Waals surface area contributed by atoms with Crippen LogP contribution in [0.4, 0.5) is 0 Å². The van der Waals surface area contributed by atoms with Gasteiger partial charge >= 0.3 is 71.3 Å². The Balaban J connectivity index is 3.97. The molecular weight excluding hydrogens is 230 g/mol. The van der Waals surface area contributed by atoms with Gasteiger partial charge in [-0.15, -0.1) is 0 Å². The van der Waals surface area contributed by atoms with Crippen LogP contribution in [0.2, 0.25) is 0 Å². The summed E-state index contributed by atoms with van der Waals surface area (Å²) in [4.78, 5) is 0. The summed E-state index contributed by atoms with van der Waals surface area (Å²) in [6, 6.07) is 0. The summed E-state index contributed by atoms with van der Waals surface area (Å²) in [5.41, 5.74) is 0. The molecule has 0 aliphatic carbocycles. The summed E-state index contributed by atoms with van der Waals surface area (Å²) in [6.07, 6.45) is 6.47. The zero-order valence-corrected chi connectivity index (χ0v) is 9.46. The van der Waals surface area contributed by atoms with Crippen LogP contribution in [0.15, 0.2) is 30.3 Å². The third-order valence-corrected chi connectivity index (χ3v) is 6.46. The summed E-state index contributed by atoms with van der Waals surface area (Å²) in [5, 5.41) is 0. The third-order valence-electron chi connectivity index (χ3n) is 0.964. The molecule has 0 unspecified atom stereocenters. The minimum absolute atomic E-state index is 1.18. The summed E-state index contributed by atoms with van der Waals surface area (Å²) in [5.74, 6) is 0. The molecule has 0 aromatic carbocycles. The number of rotatable bonds is 3. The average Bonchev–Trinajstić information content (AvgIpc) is 1.90. The van der Waals surface area contributed by atoms with E-state index in [4.69, 9.17) is 0 Å². The van der Waals surface area contributed by atoms with Gasteiger partial charge in [0, 0.05) is 0 Å². The fraction of sp³-hybridized carbons (Fsp3) is 0.333. The zero-order chi connectivity index (χ0) is 7.82. The molecule has 0 aliphatic rings. The molecule has 1 heteroatoms. The zero-order valence-electron chi connectivity index (χ0n) is 6.91. The monoisotopic (exact) mass is 244 g/mol. The van der Waals surface area contributed by atoms with Crippen LogP contribution in [-0.4, -0.2) is 20.2 Å². The Kier molecular flexibility index (Phi) is 7.18. The summed E-state index contributed by atoms with van der Waals surface area (Å²) >= 11 is -1.18. The molecule has 0 rings (SSSR count). The van der Waals surface area contributed by atoms with Gasteiger partial charge in [-0.3, -0.25) is 0 Å². The molecule has 10 heavy (non-hydrogen) atoms. The molecule has 0 saturated heterocycles. The third kappa shape index (κ3) is 4.87. The number of hydrogen-bond acceptors (Lipinski definition) is 0. The molecule has 0 atom stereocenters. The summed E-state index contributed by atoms with van der Waals surface area (Å²) < 4.78 is 7.05. The van der Waals surface area contributed by atoms with Crippen molar-refractivity contribution in [1.29, 1.82) is 0 Å². The first-order valence-corrected chi connectivity index (χ1v) is 7.93. The van der Waals surface area contributed by atoms with Crippen LogP contribution >= 0.6 is 0 Å². The van der Waals surface area contributed by atoms with E-state index in [0.717, 1.165) is 0 Å². The van der Waals surface area contributed by atoms with Crippen molar-refractivity contribution in [2.75, 3.05) is 0 Å². The molecule has 0 radical (unpaired) electrons. The maximum absolute atomic E-state index is 2.35. The van der Waals surface area contributed by atoms with Gasteiger partial charge in [0.05, 0.1) is 0 Å². The molecule has 0 spiro atoms. The van der Waals surface area contributed by atoms with Gasteiger partial charge in [-0.25, -0.2) is 0 Å². The molecule has 0 amide bonds. The number of allylic oxidation sites excluding steroid dienone is 3. The fourth-order valence-electron chi connectivity index (χ4n) is 0.665. The Morgan fingerprint density at radius 3 is 1.20 bits per heavy atom. The SMILES string of the molecule is CC=[CH][Sb]([CH]=CC)/[CH]=C/C. The van der Waals surface area contributed by atoms with Crippen LogP contribution in [0.1, 0.15) is 20.8 Å². The fourth-order valence-corrected chi connectivity index (χ4v) is 4.46. The van der Waals surface area contributed by atoms with Crippen LogP contribution in [0, 0.1) is 0 Å². The van der Waals surface area contributed by atoms with Crippen LogP contribution < -0.4 is 0 Å². The summed E-state index contributed by atoms with van der Waals surface area (Å²) in [7, 11) is 0. The van der Waals surface area contributed by atoms with E-state index in [2.05, 4.69) is 51.1 Å². The summed E-state index contributed by atoms with van der Waals surface area (Å²) in [6.45, 7) is 6.26. The van der Waals surface area contributed by atoms with Gasteiger partial charge in [-0.1, -0.05) is 0 Å². The van der Waals surface area contributed by atoms with Crippen molar-refractivity contribution < 1.29 is 0 Å². The Morgan fingerprint density at radius 1 is 0.700 bits per heavy atom. The maximum atomic E-state index is 2.35. The molecule has 0 bridgehead atoms. The van der Waals surface area contributed by atoms with Gasteiger partial charge in [0.15, 0.2) is 0 Å². The predicted molar refractivity (Wildman–Crippen MR) is 50.2 cm³/mol. The van der Waals surface area contributed by atoms with Gasteiger partial charge in [0.2, 0.25) is 0 Å². The van der Waals surface area contributed by atoms with Gasteiger partial charge < -0.3 is 0 Å². The normalized spacial score (nSPS) is 13.2. The van der Waals surface area contributed by atoms with Crippen LogP contribution in [0.3, 0.4) is 0 Å². The second kappa shape index (κ2) is 7.15. The van der Waals surface area contributed by atoms with Crippen molar-refractivity contribution in [2.24, 2.45) is 0 Å². The van der Waals surface area contributed by atoms with E-state index >= 15 is 0 Å². The molecule has 0 saturated carbocycles. The van der Waals surface area contributed by atoms with Gasteiger partial charge in [-0.05, 0) is 0 Å². The first kappa shape index (κ1) is 10.0. The van der Waals surface area contributed by atoms with Crippen molar-refractivity contribution in [2.45, 2.75) is 20.8 Å². The van der Waals surface area contributed by atoms with E-state index in [0.29, 0.717) is 0 Å². The quantitative estimate of drug-likeness (QED) is 0.670. The molecular formula is C9H15Sb. The predicted octanol–water partition coefficient (Wildman–Crippen LogP) is 2.83. The van der Waals surface area contributed by atoms with Crippen molar-refractivity contribution in [1.82, 2.24) is 0 Å². The van der Waals surface area contributed by atoms with E-state index in [1.54, 1.807) is 0 Å². The van der Waals surface area contributed by atoms with E-state index < -0.39 is 20.2 Å². The average molecular weight is 245 g/mol. The standard InChI is InChI=1S/3C3H5.Sb/c3*1-3-2;/h3*1,3H,2H3;. The molecule has 0 aromatic heterocycles. The Morgan fingerprint density at radius 2 is 1.00 bits per heavy atom. The van der Waals surface area contributed by atoms with Crippen LogP contribution in [-0.2, 0) is 0 Å². The molecule has 0 fully saturated rings. The van der Waals surface area contributed by atoms with Crippen LogP contribution in [0.5, 0.6) is 0 Å². The van der Waals surface area contributed by atoms with E-state index in [-0.39, 0.29) is 0 Å². The van der Waals surface area contributed by atoms with Crippen molar-refractivity contribution in [3.63, 3.8) is 0 Å². The Labute approximate surface area is 71.3 Å². The topological polar surface area (TPSA) is 0 Å². The molecule has 56 valence electrons. The molecule has 0 aromatic rings. The van der Waals surface area contributed by atoms with E-state index in [1.807, 2.05) is 0 Å². The van der Waals surface area contributed by atoms with E-state index in [9.17, 15) is 0 Å². The number of hydrogen-bond donors (Lipinski definition) is 0. The molecule has 0 nitrogen and oxygen atoms in total. The first-order chi connectivity index (χ1) is 4.85. The molecule has 0 heterocycles. The van der Waals surface area contributed by atoms with Crippen molar-refractivity contribution in [3.05, 3.63) is 30.3 Å². The van der Waals surface area contributed by atoms with Gasteiger partial charge in [0.25, 0.3) is 0 Å². The Bertz CT molecular complexity index is 114. The molecule has 0 N–H and O–H groups in total. The van der Waals surface area contributed by atoms with Crippen LogP contribution in [0.25, 0.3) is 0 Å².